The lowest BCUT2D eigenvalue weighted by molar-refractivity contribution is 0.104. The van der Waals surface area contributed by atoms with E-state index < -0.39 is 0 Å². The van der Waals surface area contributed by atoms with Gasteiger partial charge in [0.05, 0.1) is 0 Å². The minimum atomic E-state index is -0.00592. The van der Waals surface area contributed by atoms with Crippen molar-refractivity contribution in [3.8, 4) is 5.69 Å². The van der Waals surface area contributed by atoms with E-state index in [-0.39, 0.29) is 5.78 Å². The predicted octanol–water partition coefficient (Wildman–Crippen LogP) is 3.70. The topological polar surface area (TPSA) is 37.8 Å². The highest BCUT2D eigenvalue weighted by Crippen LogP contribution is 2.12. The van der Waals surface area contributed by atoms with Gasteiger partial charge in [0.2, 0.25) is 0 Å². The molecule has 0 unspecified atom stereocenters. The molecule has 0 amide bonds. The monoisotopic (exact) mass is 262 g/mol. The van der Waals surface area contributed by atoms with Crippen molar-refractivity contribution in [2.75, 3.05) is 0 Å². The molecule has 0 atom stereocenters. The molecular formula is C17H14N2O. The van der Waals surface area contributed by atoms with Crippen molar-refractivity contribution in [1.82, 2.24) is 9.55 Å². The van der Waals surface area contributed by atoms with E-state index in [4.69, 9.17) is 0 Å². The molecule has 2 heterocycles. The molecule has 98 valence electrons. The number of rotatable bonds is 4. The van der Waals surface area contributed by atoms with Gasteiger partial charge < -0.3 is 9.55 Å². The molecule has 0 spiro atoms. The Morgan fingerprint density at radius 3 is 2.65 bits per heavy atom. The van der Waals surface area contributed by atoms with Gasteiger partial charge in [-0.05, 0) is 48.6 Å². The first kappa shape index (κ1) is 12.2. The second-order valence-corrected chi connectivity index (χ2v) is 4.46. The molecule has 3 rings (SSSR count). The average molecular weight is 262 g/mol. The number of carbonyl (C=O) groups is 1. The lowest BCUT2D eigenvalue weighted by atomic mass is 10.1. The van der Waals surface area contributed by atoms with E-state index in [9.17, 15) is 4.79 Å². The number of carbonyl (C=O) groups excluding carboxylic acids is 1. The Labute approximate surface area is 117 Å². The van der Waals surface area contributed by atoms with Crippen LogP contribution in [0.2, 0.25) is 0 Å². The molecule has 3 aromatic rings. The van der Waals surface area contributed by atoms with Crippen LogP contribution in [0.15, 0.2) is 73.2 Å². The number of aromatic amines is 1. The van der Waals surface area contributed by atoms with Crippen molar-refractivity contribution >= 4 is 11.9 Å². The van der Waals surface area contributed by atoms with Crippen molar-refractivity contribution in [1.29, 1.82) is 0 Å². The summed E-state index contributed by atoms with van der Waals surface area (Å²) in [7, 11) is 0. The Morgan fingerprint density at radius 2 is 1.90 bits per heavy atom. The summed E-state index contributed by atoms with van der Waals surface area (Å²) in [5.74, 6) is -0.00592. The van der Waals surface area contributed by atoms with Crippen LogP contribution in [0.25, 0.3) is 11.8 Å². The van der Waals surface area contributed by atoms with Gasteiger partial charge in [0.15, 0.2) is 5.78 Å². The van der Waals surface area contributed by atoms with E-state index in [2.05, 4.69) is 4.98 Å². The largest absolute Gasteiger partial charge is 0.362 e. The smallest absolute Gasteiger partial charge is 0.185 e. The summed E-state index contributed by atoms with van der Waals surface area (Å²) in [5, 5.41) is 0. The molecule has 1 N–H and O–H groups in total. The number of allylic oxidation sites excluding steroid dienone is 1. The molecule has 20 heavy (non-hydrogen) atoms. The van der Waals surface area contributed by atoms with Crippen LogP contribution in [0, 0.1) is 0 Å². The second-order valence-electron chi connectivity index (χ2n) is 4.46. The molecule has 0 saturated carbocycles. The summed E-state index contributed by atoms with van der Waals surface area (Å²) >= 11 is 0. The zero-order valence-electron chi connectivity index (χ0n) is 10.9. The first-order valence-electron chi connectivity index (χ1n) is 6.42. The van der Waals surface area contributed by atoms with Crippen LogP contribution in [0.4, 0.5) is 0 Å². The third-order valence-corrected chi connectivity index (χ3v) is 3.07. The van der Waals surface area contributed by atoms with Crippen molar-refractivity contribution in [3.05, 3.63) is 84.5 Å². The van der Waals surface area contributed by atoms with Crippen LogP contribution in [0.1, 0.15) is 16.1 Å². The maximum Gasteiger partial charge on any atom is 0.185 e. The summed E-state index contributed by atoms with van der Waals surface area (Å²) in [6.45, 7) is 0. The van der Waals surface area contributed by atoms with E-state index in [1.165, 1.54) is 0 Å². The van der Waals surface area contributed by atoms with Gasteiger partial charge in [-0.15, -0.1) is 0 Å². The van der Waals surface area contributed by atoms with E-state index >= 15 is 0 Å². The lowest BCUT2D eigenvalue weighted by Gasteiger charge is -2.04. The van der Waals surface area contributed by atoms with Gasteiger partial charge in [-0.1, -0.05) is 12.1 Å². The van der Waals surface area contributed by atoms with Crippen LogP contribution in [-0.2, 0) is 0 Å². The average Bonchev–Trinajstić information content (AvgIpc) is 3.18. The van der Waals surface area contributed by atoms with Gasteiger partial charge in [-0.2, -0.15) is 0 Å². The SMILES string of the molecule is O=C(/C=C/c1ccc[nH]1)c1cccc(-n2cccc2)c1. The highest BCUT2D eigenvalue weighted by atomic mass is 16.1. The van der Waals surface area contributed by atoms with Crippen molar-refractivity contribution < 1.29 is 4.79 Å². The third kappa shape index (κ3) is 2.62. The summed E-state index contributed by atoms with van der Waals surface area (Å²) in [6.07, 6.45) is 9.11. The standard InChI is InChI=1S/C17H14N2O/c20-17(9-8-15-6-4-10-18-15)14-5-3-7-16(13-14)19-11-1-2-12-19/h1-13,18H/b9-8+. The highest BCUT2D eigenvalue weighted by molar-refractivity contribution is 6.07. The number of H-pyrrole nitrogens is 1. The van der Waals surface area contributed by atoms with Gasteiger partial charge in [0, 0.05) is 35.5 Å². The lowest BCUT2D eigenvalue weighted by Crippen LogP contribution is -1.97. The Kier molecular flexibility index (Phi) is 3.33. The van der Waals surface area contributed by atoms with Crippen LogP contribution >= 0.6 is 0 Å². The molecule has 0 aliphatic carbocycles. The maximum absolute atomic E-state index is 12.2. The van der Waals surface area contributed by atoms with Crippen molar-refractivity contribution in [2.45, 2.75) is 0 Å². The summed E-state index contributed by atoms with van der Waals surface area (Å²) in [5.41, 5.74) is 2.58. The number of benzene rings is 1. The Balaban J connectivity index is 1.83. The number of nitrogens with zero attached hydrogens (tertiary/aromatic N) is 1. The Bertz CT molecular complexity index is 722. The quantitative estimate of drug-likeness (QED) is 0.565. The molecule has 3 heteroatoms. The molecular weight excluding hydrogens is 248 g/mol. The van der Waals surface area contributed by atoms with Gasteiger partial charge in [-0.25, -0.2) is 0 Å². The highest BCUT2D eigenvalue weighted by Gasteiger charge is 2.03. The molecule has 0 fully saturated rings. The number of ketones is 1. The molecule has 0 saturated heterocycles. The number of hydrogen-bond acceptors (Lipinski definition) is 1. The van der Waals surface area contributed by atoms with E-state index in [1.807, 2.05) is 71.7 Å². The molecule has 0 bridgehead atoms. The predicted molar refractivity (Wildman–Crippen MR) is 79.9 cm³/mol. The van der Waals surface area contributed by atoms with E-state index in [1.54, 1.807) is 12.2 Å². The molecule has 0 aliphatic rings. The first-order valence-corrected chi connectivity index (χ1v) is 6.42. The van der Waals surface area contributed by atoms with Crippen molar-refractivity contribution in [3.63, 3.8) is 0 Å². The fourth-order valence-corrected chi connectivity index (χ4v) is 2.04. The molecule has 0 aliphatic heterocycles. The number of nitrogens with one attached hydrogen (secondary N) is 1. The van der Waals surface area contributed by atoms with Crippen LogP contribution < -0.4 is 0 Å². The fourth-order valence-electron chi connectivity index (χ4n) is 2.04. The molecule has 2 aromatic heterocycles. The second kappa shape index (κ2) is 5.45. The van der Waals surface area contributed by atoms with E-state index in [0.29, 0.717) is 5.56 Å². The number of aromatic nitrogens is 2. The third-order valence-electron chi connectivity index (χ3n) is 3.07. The van der Waals surface area contributed by atoms with E-state index in [0.717, 1.165) is 11.4 Å². The van der Waals surface area contributed by atoms with Crippen LogP contribution in [-0.4, -0.2) is 15.3 Å². The number of hydrogen-bond donors (Lipinski definition) is 1. The molecule has 3 nitrogen and oxygen atoms in total. The van der Waals surface area contributed by atoms with Gasteiger partial charge in [0.1, 0.15) is 0 Å². The summed E-state index contributed by atoms with van der Waals surface area (Å²) in [6, 6.07) is 15.3. The van der Waals surface area contributed by atoms with Gasteiger partial charge in [0.25, 0.3) is 0 Å². The molecule has 0 radical (unpaired) electrons. The minimum Gasteiger partial charge on any atom is -0.362 e. The summed E-state index contributed by atoms with van der Waals surface area (Å²) in [4.78, 5) is 15.2. The van der Waals surface area contributed by atoms with Gasteiger partial charge in [-0.3, -0.25) is 4.79 Å². The zero-order valence-corrected chi connectivity index (χ0v) is 10.9. The molecule has 1 aromatic carbocycles. The normalized spacial score (nSPS) is 11.0. The Hall–Kier alpha value is -2.81. The summed E-state index contributed by atoms with van der Waals surface area (Å²) < 4.78 is 1.98. The fraction of sp³-hybridized carbons (Fsp3) is 0. The zero-order chi connectivity index (χ0) is 13.8. The van der Waals surface area contributed by atoms with Crippen LogP contribution in [0.5, 0.6) is 0 Å². The minimum absolute atomic E-state index is 0.00592. The Morgan fingerprint density at radius 1 is 1.05 bits per heavy atom. The first-order chi connectivity index (χ1) is 9.83. The maximum atomic E-state index is 12.2. The van der Waals surface area contributed by atoms with Crippen LogP contribution in [0.3, 0.4) is 0 Å². The van der Waals surface area contributed by atoms with Crippen molar-refractivity contribution in [2.24, 2.45) is 0 Å². The van der Waals surface area contributed by atoms with Gasteiger partial charge >= 0.3 is 0 Å².